The van der Waals surface area contributed by atoms with Crippen LogP contribution in [-0.2, 0) is 6.42 Å². The van der Waals surface area contributed by atoms with Crippen molar-refractivity contribution >= 4 is 6.03 Å². The van der Waals surface area contributed by atoms with Gasteiger partial charge in [0.15, 0.2) is 0 Å². The summed E-state index contributed by atoms with van der Waals surface area (Å²) in [5.74, 6) is 0.936. The second-order valence-electron chi connectivity index (χ2n) is 6.12. The lowest BCUT2D eigenvalue weighted by atomic mass is 10.0. The first-order valence-corrected chi connectivity index (χ1v) is 8.29. The second-order valence-corrected chi connectivity index (χ2v) is 6.12. The van der Waals surface area contributed by atoms with Gasteiger partial charge in [0.05, 0.1) is 6.04 Å². The largest absolute Gasteiger partial charge is 0.491 e. The number of carbonyl (C=O) groups excluding carboxylic acids is 1. The first-order valence-electron chi connectivity index (χ1n) is 8.29. The Hall–Kier alpha value is -1.75. The van der Waals surface area contributed by atoms with E-state index in [1.165, 1.54) is 19.3 Å². The number of hydrogen-bond acceptors (Lipinski definition) is 3. The van der Waals surface area contributed by atoms with Crippen molar-refractivity contribution in [2.75, 3.05) is 32.8 Å². The zero-order valence-electron chi connectivity index (χ0n) is 13.0. The van der Waals surface area contributed by atoms with Crippen LogP contribution in [0, 0.1) is 0 Å². The van der Waals surface area contributed by atoms with Gasteiger partial charge in [-0.15, -0.1) is 0 Å². The van der Waals surface area contributed by atoms with E-state index in [1.807, 2.05) is 18.2 Å². The van der Waals surface area contributed by atoms with Gasteiger partial charge in [-0.25, -0.2) is 4.79 Å². The van der Waals surface area contributed by atoms with E-state index in [1.54, 1.807) is 0 Å². The number of likely N-dealkylation sites (tertiary alicyclic amines) is 1. The molecule has 0 spiro atoms. The molecule has 2 heterocycles. The summed E-state index contributed by atoms with van der Waals surface area (Å²) in [6, 6.07) is 7.96. The Bertz CT molecular complexity index is 500. The molecule has 2 amide bonds. The Morgan fingerprint density at radius 3 is 2.91 bits per heavy atom. The Balaban J connectivity index is 1.37. The molecule has 0 aliphatic carbocycles. The van der Waals surface area contributed by atoms with Crippen LogP contribution >= 0.6 is 0 Å². The highest BCUT2D eigenvalue weighted by atomic mass is 16.5. The van der Waals surface area contributed by atoms with E-state index < -0.39 is 0 Å². The van der Waals surface area contributed by atoms with Crippen LogP contribution in [0.5, 0.6) is 5.75 Å². The Morgan fingerprint density at radius 1 is 1.23 bits per heavy atom. The molecule has 0 bridgehead atoms. The number of carbonyl (C=O) groups is 1. The molecule has 0 saturated carbocycles. The van der Waals surface area contributed by atoms with Gasteiger partial charge in [-0.1, -0.05) is 24.6 Å². The molecule has 5 heteroatoms. The average Bonchev–Trinajstić information content (AvgIpc) is 2.56. The number of fused-ring (bicyclic) bond motifs is 1. The summed E-state index contributed by atoms with van der Waals surface area (Å²) >= 11 is 0. The average molecular weight is 303 g/mol. The SMILES string of the molecule is O=C(NCCN1CCCCC1)NC1COc2ccccc2C1. The molecular formula is C17H25N3O2. The summed E-state index contributed by atoms with van der Waals surface area (Å²) in [6.45, 7) is 4.51. The molecule has 120 valence electrons. The third-order valence-corrected chi connectivity index (χ3v) is 4.38. The fraction of sp³-hybridized carbons (Fsp3) is 0.588. The number of hydrogen-bond donors (Lipinski definition) is 2. The molecule has 1 atom stereocenters. The molecule has 2 aliphatic rings. The molecule has 1 fully saturated rings. The summed E-state index contributed by atoms with van der Waals surface area (Å²) in [5, 5.41) is 5.96. The maximum atomic E-state index is 12.0. The fourth-order valence-corrected chi connectivity index (χ4v) is 3.17. The van der Waals surface area contributed by atoms with Gasteiger partial charge < -0.3 is 20.3 Å². The molecule has 1 saturated heterocycles. The topological polar surface area (TPSA) is 53.6 Å². The summed E-state index contributed by atoms with van der Waals surface area (Å²) in [5.41, 5.74) is 1.16. The fourth-order valence-electron chi connectivity index (χ4n) is 3.17. The number of benzene rings is 1. The van der Waals surface area contributed by atoms with Crippen molar-refractivity contribution in [3.63, 3.8) is 0 Å². The number of piperidine rings is 1. The van der Waals surface area contributed by atoms with Crippen LogP contribution < -0.4 is 15.4 Å². The molecule has 0 radical (unpaired) electrons. The van der Waals surface area contributed by atoms with E-state index in [2.05, 4.69) is 21.6 Å². The van der Waals surface area contributed by atoms with Gasteiger partial charge in [0.25, 0.3) is 0 Å². The molecule has 1 unspecified atom stereocenters. The van der Waals surface area contributed by atoms with E-state index in [0.717, 1.165) is 37.4 Å². The minimum atomic E-state index is -0.0926. The number of amides is 2. The molecule has 0 aromatic heterocycles. The molecular weight excluding hydrogens is 278 g/mol. The van der Waals surface area contributed by atoms with Gasteiger partial charge in [0, 0.05) is 13.1 Å². The van der Waals surface area contributed by atoms with Crippen molar-refractivity contribution in [2.45, 2.75) is 31.7 Å². The van der Waals surface area contributed by atoms with Crippen LogP contribution in [0.3, 0.4) is 0 Å². The van der Waals surface area contributed by atoms with Crippen LogP contribution in [0.25, 0.3) is 0 Å². The van der Waals surface area contributed by atoms with E-state index in [9.17, 15) is 4.79 Å². The quantitative estimate of drug-likeness (QED) is 0.891. The first-order chi connectivity index (χ1) is 10.8. The molecule has 22 heavy (non-hydrogen) atoms. The van der Waals surface area contributed by atoms with Crippen molar-refractivity contribution in [3.8, 4) is 5.75 Å². The van der Waals surface area contributed by atoms with Crippen molar-refractivity contribution in [2.24, 2.45) is 0 Å². The standard InChI is InChI=1S/C17H25N3O2/c21-17(18-8-11-20-9-4-1-5-10-20)19-15-12-14-6-2-3-7-16(14)22-13-15/h2-3,6-7,15H,1,4-5,8-13H2,(H2,18,19,21). The highest BCUT2D eigenvalue weighted by molar-refractivity contribution is 5.74. The second kappa shape index (κ2) is 7.49. The van der Waals surface area contributed by atoms with Crippen LogP contribution in [0.1, 0.15) is 24.8 Å². The summed E-state index contributed by atoms with van der Waals surface area (Å²) in [7, 11) is 0. The normalized spacial score (nSPS) is 21.5. The minimum absolute atomic E-state index is 0.0462. The van der Waals surface area contributed by atoms with Crippen molar-refractivity contribution in [1.29, 1.82) is 0 Å². The maximum Gasteiger partial charge on any atom is 0.315 e. The van der Waals surface area contributed by atoms with Gasteiger partial charge in [0.1, 0.15) is 12.4 Å². The van der Waals surface area contributed by atoms with Gasteiger partial charge in [-0.2, -0.15) is 0 Å². The van der Waals surface area contributed by atoms with Gasteiger partial charge in [0.2, 0.25) is 0 Å². The van der Waals surface area contributed by atoms with Gasteiger partial charge >= 0.3 is 6.03 Å². The number of nitrogens with one attached hydrogen (secondary N) is 2. The molecule has 1 aromatic carbocycles. The lowest BCUT2D eigenvalue weighted by Crippen LogP contribution is -2.48. The van der Waals surface area contributed by atoms with Crippen molar-refractivity contribution in [3.05, 3.63) is 29.8 Å². The highest BCUT2D eigenvalue weighted by Gasteiger charge is 2.20. The van der Waals surface area contributed by atoms with Crippen LogP contribution in [0.4, 0.5) is 4.79 Å². The predicted molar refractivity (Wildman–Crippen MR) is 86.3 cm³/mol. The van der Waals surface area contributed by atoms with Gasteiger partial charge in [-0.3, -0.25) is 0 Å². The number of urea groups is 1. The highest BCUT2D eigenvalue weighted by Crippen LogP contribution is 2.23. The van der Waals surface area contributed by atoms with E-state index in [0.29, 0.717) is 13.2 Å². The summed E-state index contributed by atoms with van der Waals surface area (Å²) in [6.07, 6.45) is 4.74. The number of nitrogens with zero attached hydrogens (tertiary/aromatic N) is 1. The zero-order chi connectivity index (χ0) is 15.2. The Kier molecular flexibility index (Phi) is 5.16. The monoisotopic (exact) mass is 303 g/mol. The Labute approximate surface area is 132 Å². The molecule has 3 rings (SSSR count). The third kappa shape index (κ3) is 4.13. The van der Waals surface area contributed by atoms with E-state index in [-0.39, 0.29) is 12.1 Å². The van der Waals surface area contributed by atoms with Crippen LogP contribution in [0.15, 0.2) is 24.3 Å². The molecule has 2 N–H and O–H groups in total. The lowest BCUT2D eigenvalue weighted by Gasteiger charge is -2.27. The first kappa shape index (κ1) is 15.2. The number of ether oxygens (including phenoxy) is 1. The molecule has 2 aliphatic heterocycles. The minimum Gasteiger partial charge on any atom is -0.491 e. The van der Waals surface area contributed by atoms with Crippen LogP contribution in [-0.4, -0.2) is 49.8 Å². The smallest absolute Gasteiger partial charge is 0.315 e. The third-order valence-electron chi connectivity index (χ3n) is 4.38. The number of para-hydroxylation sites is 1. The molecule has 5 nitrogen and oxygen atoms in total. The van der Waals surface area contributed by atoms with Gasteiger partial charge in [-0.05, 0) is 44.0 Å². The summed E-state index contributed by atoms with van der Waals surface area (Å²) < 4.78 is 5.69. The van der Waals surface area contributed by atoms with E-state index in [4.69, 9.17) is 4.74 Å². The number of rotatable bonds is 4. The Morgan fingerprint density at radius 2 is 2.05 bits per heavy atom. The predicted octanol–water partition coefficient (Wildman–Crippen LogP) is 1.78. The maximum absolute atomic E-state index is 12.0. The lowest BCUT2D eigenvalue weighted by molar-refractivity contribution is 0.207. The van der Waals surface area contributed by atoms with Crippen molar-refractivity contribution in [1.82, 2.24) is 15.5 Å². The zero-order valence-corrected chi connectivity index (χ0v) is 13.0. The van der Waals surface area contributed by atoms with Crippen LogP contribution in [0.2, 0.25) is 0 Å². The van der Waals surface area contributed by atoms with E-state index >= 15 is 0 Å². The summed E-state index contributed by atoms with van der Waals surface area (Å²) in [4.78, 5) is 14.4. The molecule has 1 aromatic rings. The van der Waals surface area contributed by atoms with Crippen molar-refractivity contribution < 1.29 is 9.53 Å².